The molecule has 0 aromatic carbocycles. The van der Waals surface area contributed by atoms with Gasteiger partial charge in [-0.25, -0.2) is 9.98 Å². The van der Waals surface area contributed by atoms with Crippen molar-refractivity contribution < 1.29 is 0 Å². The zero-order chi connectivity index (χ0) is 16.5. The van der Waals surface area contributed by atoms with Gasteiger partial charge in [-0.15, -0.1) is 35.3 Å². The van der Waals surface area contributed by atoms with E-state index in [0.29, 0.717) is 12.6 Å². The van der Waals surface area contributed by atoms with Crippen molar-refractivity contribution in [3.8, 4) is 0 Å². The fraction of sp³-hybridized carbons (Fsp3) is 0.765. The number of hydrogen-bond acceptors (Lipinski definition) is 4. The lowest BCUT2D eigenvalue weighted by Crippen LogP contribution is -2.48. The lowest BCUT2D eigenvalue weighted by Gasteiger charge is -2.32. The molecule has 0 bridgehead atoms. The standard InChI is InChI=1S/C17H31N5S.HI/c1-4-9-22-10-7-14(8-11-22)21-17(18-6-3)20-13-16-19-12-15(5-2)23-16;/h12,14H,4-11,13H2,1-3H3,(H2,18,20,21);1H. The van der Waals surface area contributed by atoms with Crippen LogP contribution in [-0.4, -0.2) is 48.1 Å². The van der Waals surface area contributed by atoms with E-state index in [1.165, 1.54) is 43.8 Å². The lowest BCUT2D eigenvalue weighted by atomic mass is 10.1. The zero-order valence-corrected chi connectivity index (χ0v) is 18.3. The fourth-order valence-electron chi connectivity index (χ4n) is 2.86. The minimum Gasteiger partial charge on any atom is -0.357 e. The SMILES string of the molecule is CCCN1CCC(NC(=NCc2ncc(CC)s2)NCC)CC1.I. The molecule has 138 valence electrons. The molecule has 0 spiro atoms. The van der Waals surface area contributed by atoms with Crippen molar-refractivity contribution in [2.75, 3.05) is 26.2 Å². The number of guanidine groups is 1. The van der Waals surface area contributed by atoms with Gasteiger partial charge in [0.25, 0.3) is 0 Å². The summed E-state index contributed by atoms with van der Waals surface area (Å²) in [6.45, 7) is 11.7. The van der Waals surface area contributed by atoms with E-state index in [-0.39, 0.29) is 24.0 Å². The highest BCUT2D eigenvalue weighted by Crippen LogP contribution is 2.14. The molecule has 1 fully saturated rings. The highest BCUT2D eigenvalue weighted by molar-refractivity contribution is 14.0. The first-order valence-corrected chi connectivity index (χ1v) is 9.77. The predicted molar refractivity (Wildman–Crippen MR) is 115 cm³/mol. The zero-order valence-electron chi connectivity index (χ0n) is 15.2. The molecule has 1 aromatic rings. The minimum atomic E-state index is 0. The number of piperidine rings is 1. The highest BCUT2D eigenvalue weighted by Gasteiger charge is 2.19. The van der Waals surface area contributed by atoms with Crippen LogP contribution >= 0.6 is 35.3 Å². The Morgan fingerprint density at radius 2 is 2.08 bits per heavy atom. The Kier molecular flexibility index (Phi) is 10.8. The van der Waals surface area contributed by atoms with Gasteiger partial charge in [0.15, 0.2) is 5.96 Å². The maximum absolute atomic E-state index is 4.71. The van der Waals surface area contributed by atoms with E-state index in [1.807, 2.05) is 6.20 Å². The number of nitrogens with one attached hydrogen (secondary N) is 2. The molecule has 0 aliphatic carbocycles. The van der Waals surface area contributed by atoms with Crippen molar-refractivity contribution in [3.05, 3.63) is 16.1 Å². The summed E-state index contributed by atoms with van der Waals surface area (Å²) in [6, 6.07) is 0.531. The van der Waals surface area contributed by atoms with Crippen LogP contribution in [0.25, 0.3) is 0 Å². The van der Waals surface area contributed by atoms with E-state index in [9.17, 15) is 0 Å². The van der Waals surface area contributed by atoms with Crippen molar-refractivity contribution in [1.29, 1.82) is 0 Å². The Hall–Kier alpha value is -0.410. The van der Waals surface area contributed by atoms with Crippen LogP contribution in [0.2, 0.25) is 0 Å². The van der Waals surface area contributed by atoms with E-state index in [1.54, 1.807) is 11.3 Å². The van der Waals surface area contributed by atoms with Crippen LogP contribution in [0.1, 0.15) is 49.9 Å². The average Bonchev–Trinajstić information content (AvgIpc) is 3.03. The smallest absolute Gasteiger partial charge is 0.191 e. The highest BCUT2D eigenvalue weighted by atomic mass is 127. The Balaban J connectivity index is 0.00000288. The summed E-state index contributed by atoms with van der Waals surface area (Å²) < 4.78 is 0. The number of hydrogen-bond donors (Lipinski definition) is 2. The minimum absolute atomic E-state index is 0. The molecule has 0 atom stereocenters. The molecule has 1 saturated heterocycles. The molecule has 0 radical (unpaired) electrons. The normalized spacial score (nSPS) is 16.7. The number of thiazole rings is 1. The Morgan fingerprint density at radius 3 is 2.67 bits per heavy atom. The first-order chi connectivity index (χ1) is 11.2. The fourth-order valence-corrected chi connectivity index (χ4v) is 3.65. The van der Waals surface area contributed by atoms with Crippen LogP contribution < -0.4 is 10.6 Å². The van der Waals surface area contributed by atoms with Gasteiger partial charge in [-0.1, -0.05) is 13.8 Å². The Labute approximate surface area is 167 Å². The number of aromatic nitrogens is 1. The van der Waals surface area contributed by atoms with E-state index < -0.39 is 0 Å². The molecule has 5 nitrogen and oxygen atoms in total. The number of likely N-dealkylation sites (tertiary alicyclic amines) is 1. The van der Waals surface area contributed by atoms with Gasteiger partial charge in [-0.2, -0.15) is 0 Å². The largest absolute Gasteiger partial charge is 0.357 e. The van der Waals surface area contributed by atoms with Gasteiger partial charge in [0.05, 0.1) is 6.54 Å². The van der Waals surface area contributed by atoms with E-state index in [2.05, 4.69) is 41.3 Å². The summed E-state index contributed by atoms with van der Waals surface area (Å²) in [5, 5.41) is 8.05. The number of halogens is 1. The van der Waals surface area contributed by atoms with Crippen molar-refractivity contribution >= 4 is 41.3 Å². The second kappa shape index (κ2) is 12.0. The van der Waals surface area contributed by atoms with Crippen LogP contribution in [0.4, 0.5) is 0 Å². The van der Waals surface area contributed by atoms with Crippen LogP contribution in [-0.2, 0) is 13.0 Å². The molecule has 0 saturated carbocycles. The number of rotatable bonds is 7. The summed E-state index contributed by atoms with van der Waals surface area (Å²) in [5.41, 5.74) is 0. The number of aryl methyl sites for hydroxylation is 1. The van der Waals surface area contributed by atoms with Crippen LogP contribution in [0.5, 0.6) is 0 Å². The molecule has 0 unspecified atom stereocenters. The third-order valence-corrected chi connectivity index (χ3v) is 5.26. The topological polar surface area (TPSA) is 52.5 Å². The van der Waals surface area contributed by atoms with Crippen molar-refractivity contribution in [1.82, 2.24) is 20.5 Å². The summed E-state index contributed by atoms with van der Waals surface area (Å²) in [5.74, 6) is 0.926. The molecule has 1 aliphatic rings. The summed E-state index contributed by atoms with van der Waals surface area (Å²) >= 11 is 1.76. The van der Waals surface area contributed by atoms with E-state index in [0.717, 1.165) is 23.9 Å². The Bertz CT molecular complexity index is 483. The second-order valence-corrected chi connectivity index (χ2v) is 7.23. The van der Waals surface area contributed by atoms with E-state index >= 15 is 0 Å². The summed E-state index contributed by atoms with van der Waals surface area (Å²) in [6.07, 6.45) is 6.66. The molecular weight excluding hydrogens is 433 g/mol. The predicted octanol–water partition coefficient (Wildman–Crippen LogP) is 3.25. The quantitative estimate of drug-likeness (QED) is 0.369. The summed E-state index contributed by atoms with van der Waals surface area (Å²) in [4.78, 5) is 13.0. The average molecular weight is 465 g/mol. The van der Waals surface area contributed by atoms with Crippen LogP contribution in [0.15, 0.2) is 11.2 Å². The monoisotopic (exact) mass is 465 g/mol. The van der Waals surface area contributed by atoms with Gasteiger partial charge in [0, 0.05) is 36.8 Å². The Morgan fingerprint density at radius 1 is 1.33 bits per heavy atom. The van der Waals surface area contributed by atoms with Gasteiger partial charge in [-0.3, -0.25) is 0 Å². The molecule has 24 heavy (non-hydrogen) atoms. The molecule has 0 amide bonds. The van der Waals surface area contributed by atoms with Gasteiger partial charge < -0.3 is 15.5 Å². The number of aliphatic imine (C=N–C) groups is 1. The van der Waals surface area contributed by atoms with Crippen LogP contribution in [0, 0.1) is 0 Å². The molecule has 7 heteroatoms. The number of nitrogens with zero attached hydrogens (tertiary/aromatic N) is 3. The molecule has 1 aliphatic heterocycles. The molecule has 2 N–H and O–H groups in total. The van der Waals surface area contributed by atoms with Crippen molar-refractivity contribution in [3.63, 3.8) is 0 Å². The molecular formula is C17H32IN5S. The molecule has 1 aromatic heterocycles. The maximum atomic E-state index is 4.71. The van der Waals surface area contributed by atoms with Crippen molar-refractivity contribution in [2.45, 2.75) is 59.0 Å². The third kappa shape index (κ3) is 7.23. The van der Waals surface area contributed by atoms with Crippen molar-refractivity contribution in [2.24, 2.45) is 4.99 Å². The molecule has 2 heterocycles. The first-order valence-electron chi connectivity index (χ1n) is 8.95. The van der Waals surface area contributed by atoms with E-state index in [4.69, 9.17) is 4.99 Å². The second-order valence-electron chi connectivity index (χ2n) is 6.03. The third-order valence-electron chi connectivity index (χ3n) is 4.13. The maximum Gasteiger partial charge on any atom is 0.191 e. The lowest BCUT2D eigenvalue weighted by molar-refractivity contribution is 0.206. The van der Waals surface area contributed by atoms with Gasteiger partial charge >= 0.3 is 0 Å². The van der Waals surface area contributed by atoms with Crippen LogP contribution in [0.3, 0.4) is 0 Å². The first kappa shape index (κ1) is 21.6. The van der Waals surface area contributed by atoms with Gasteiger partial charge in [0.2, 0.25) is 0 Å². The molecule has 2 rings (SSSR count). The van der Waals surface area contributed by atoms with Gasteiger partial charge in [0.1, 0.15) is 5.01 Å². The van der Waals surface area contributed by atoms with Gasteiger partial charge in [-0.05, 0) is 39.2 Å². The summed E-state index contributed by atoms with van der Waals surface area (Å²) in [7, 11) is 0.